The molecule has 0 atom stereocenters. The zero-order chi connectivity index (χ0) is 18.3. The van der Waals surface area contributed by atoms with Crippen molar-refractivity contribution in [3.05, 3.63) is 62.7 Å². The molecule has 0 saturated heterocycles. The van der Waals surface area contributed by atoms with Gasteiger partial charge in [-0.15, -0.1) is 0 Å². The minimum atomic E-state index is -0.344. The molecular formula is C18H18ClN5O2. The lowest BCUT2D eigenvalue weighted by molar-refractivity contribution is 0.102. The molecular weight excluding hydrogens is 354 g/mol. The lowest BCUT2D eigenvalue weighted by Crippen LogP contribution is -2.36. The second-order valence-corrected chi connectivity index (χ2v) is 6.54. The molecule has 134 valence electrons. The average Bonchev–Trinajstić information content (AvgIpc) is 3.09. The number of fused-ring (bicyclic) bond motifs is 2. The monoisotopic (exact) mass is 371 g/mol. The number of nitrogens with zero attached hydrogens (tertiary/aromatic N) is 3. The maximum Gasteiger partial charge on any atom is 0.279 e. The number of anilines is 1. The highest BCUT2D eigenvalue weighted by Crippen LogP contribution is 2.23. The maximum absolute atomic E-state index is 12.8. The Morgan fingerprint density at radius 2 is 2.19 bits per heavy atom. The van der Waals surface area contributed by atoms with Gasteiger partial charge in [0.1, 0.15) is 5.56 Å². The van der Waals surface area contributed by atoms with E-state index in [9.17, 15) is 9.59 Å². The molecule has 4 rings (SSSR count). The minimum absolute atomic E-state index is 0.177. The lowest BCUT2D eigenvalue weighted by Gasteiger charge is -2.22. The summed E-state index contributed by atoms with van der Waals surface area (Å²) in [5, 5.41) is 10.7. The van der Waals surface area contributed by atoms with Crippen LogP contribution in [0, 0.1) is 0 Å². The molecule has 0 aliphatic carbocycles. The normalized spacial score (nSPS) is 13.6. The summed E-state index contributed by atoms with van der Waals surface area (Å²) in [6.07, 6.45) is 2.18. The molecule has 7 nitrogen and oxygen atoms in total. The highest BCUT2D eigenvalue weighted by molar-refractivity contribution is 6.34. The second-order valence-electron chi connectivity index (χ2n) is 6.13. The van der Waals surface area contributed by atoms with E-state index in [2.05, 4.69) is 15.7 Å². The fourth-order valence-electron chi connectivity index (χ4n) is 3.43. The van der Waals surface area contributed by atoms with Gasteiger partial charge in [-0.3, -0.25) is 9.59 Å². The number of rotatable bonds is 3. The van der Waals surface area contributed by atoms with Crippen LogP contribution in [0.4, 0.5) is 5.69 Å². The zero-order valence-corrected chi connectivity index (χ0v) is 15.0. The Labute approximate surface area is 154 Å². The molecule has 0 unspecified atom stereocenters. The van der Waals surface area contributed by atoms with Crippen molar-refractivity contribution in [1.82, 2.24) is 19.5 Å². The molecule has 2 aromatic heterocycles. The van der Waals surface area contributed by atoms with Crippen LogP contribution in [0.25, 0.3) is 5.65 Å². The van der Waals surface area contributed by atoms with Crippen LogP contribution in [0.5, 0.6) is 0 Å². The minimum Gasteiger partial charge on any atom is -0.329 e. The molecule has 1 aromatic carbocycles. The molecule has 3 aromatic rings. The summed E-state index contributed by atoms with van der Waals surface area (Å²) in [6.45, 7) is 3.96. The number of halogens is 1. The number of aromatic nitrogens is 3. The van der Waals surface area contributed by atoms with Crippen LogP contribution < -0.4 is 16.2 Å². The van der Waals surface area contributed by atoms with Crippen LogP contribution >= 0.6 is 11.6 Å². The topological polar surface area (TPSA) is 80.4 Å². The summed E-state index contributed by atoms with van der Waals surface area (Å²) in [6, 6.07) is 7.02. The van der Waals surface area contributed by atoms with Crippen LogP contribution in [0.2, 0.25) is 5.02 Å². The molecule has 0 radical (unpaired) electrons. The van der Waals surface area contributed by atoms with Crippen LogP contribution in [-0.2, 0) is 19.5 Å². The van der Waals surface area contributed by atoms with Gasteiger partial charge < -0.3 is 15.2 Å². The molecule has 26 heavy (non-hydrogen) atoms. The molecule has 1 amide bonds. The van der Waals surface area contributed by atoms with Crippen molar-refractivity contribution in [2.24, 2.45) is 0 Å². The SMILES string of the molecule is CCn1c2c(c(=O)n3ncc(C(=O)Nc4ccccc4Cl)c13)CNCC2. The van der Waals surface area contributed by atoms with E-state index < -0.39 is 0 Å². The Balaban J connectivity index is 1.86. The maximum atomic E-state index is 12.8. The van der Waals surface area contributed by atoms with Crippen molar-refractivity contribution in [3.8, 4) is 0 Å². The fourth-order valence-corrected chi connectivity index (χ4v) is 3.61. The van der Waals surface area contributed by atoms with Gasteiger partial charge in [0.25, 0.3) is 11.5 Å². The van der Waals surface area contributed by atoms with Gasteiger partial charge in [-0.05, 0) is 19.1 Å². The third-order valence-electron chi connectivity index (χ3n) is 4.65. The Hall–Kier alpha value is -2.64. The predicted molar refractivity (Wildman–Crippen MR) is 99.9 cm³/mol. The first-order valence-corrected chi connectivity index (χ1v) is 8.88. The van der Waals surface area contributed by atoms with E-state index in [0.717, 1.165) is 18.7 Å². The fraction of sp³-hybridized carbons (Fsp3) is 0.278. The lowest BCUT2D eigenvalue weighted by atomic mass is 10.1. The van der Waals surface area contributed by atoms with Crippen molar-refractivity contribution >= 4 is 28.8 Å². The van der Waals surface area contributed by atoms with Crippen molar-refractivity contribution in [2.75, 3.05) is 11.9 Å². The summed E-state index contributed by atoms with van der Waals surface area (Å²) in [5.41, 5.74) is 2.89. The molecule has 0 spiro atoms. The van der Waals surface area contributed by atoms with Crippen LogP contribution in [0.1, 0.15) is 28.5 Å². The second kappa shape index (κ2) is 6.59. The Morgan fingerprint density at radius 1 is 1.38 bits per heavy atom. The molecule has 1 aliphatic heterocycles. The summed E-state index contributed by atoms with van der Waals surface area (Å²) in [4.78, 5) is 25.6. The van der Waals surface area contributed by atoms with Gasteiger partial charge in [0, 0.05) is 31.7 Å². The molecule has 1 aliphatic rings. The Kier molecular flexibility index (Phi) is 4.26. The van der Waals surface area contributed by atoms with E-state index in [1.165, 1.54) is 10.7 Å². The highest BCUT2D eigenvalue weighted by atomic mass is 35.5. The van der Waals surface area contributed by atoms with Gasteiger partial charge in [0.2, 0.25) is 0 Å². The van der Waals surface area contributed by atoms with Crippen molar-refractivity contribution in [3.63, 3.8) is 0 Å². The summed E-state index contributed by atoms with van der Waals surface area (Å²) < 4.78 is 3.32. The predicted octanol–water partition coefficient (Wildman–Crippen LogP) is 2.07. The number of nitrogens with one attached hydrogen (secondary N) is 2. The molecule has 2 N–H and O–H groups in total. The average molecular weight is 372 g/mol. The number of benzene rings is 1. The van der Waals surface area contributed by atoms with E-state index in [0.29, 0.717) is 40.6 Å². The molecule has 8 heteroatoms. The van der Waals surface area contributed by atoms with E-state index in [1.54, 1.807) is 24.3 Å². The number of hydrogen-bond acceptors (Lipinski definition) is 4. The molecule has 0 fully saturated rings. The third-order valence-corrected chi connectivity index (χ3v) is 4.98. The summed E-state index contributed by atoms with van der Waals surface area (Å²) in [5.74, 6) is -0.344. The largest absolute Gasteiger partial charge is 0.329 e. The van der Waals surface area contributed by atoms with Gasteiger partial charge in [-0.25, -0.2) is 0 Å². The van der Waals surface area contributed by atoms with Gasteiger partial charge in [0.05, 0.1) is 22.5 Å². The van der Waals surface area contributed by atoms with E-state index >= 15 is 0 Å². The third kappa shape index (κ3) is 2.60. The van der Waals surface area contributed by atoms with Crippen molar-refractivity contribution in [2.45, 2.75) is 26.4 Å². The number of hydrogen-bond donors (Lipinski definition) is 2. The molecule has 0 bridgehead atoms. The van der Waals surface area contributed by atoms with Gasteiger partial charge in [-0.2, -0.15) is 9.61 Å². The Morgan fingerprint density at radius 3 is 2.96 bits per heavy atom. The summed E-state index contributed by atoms with van der Waals surface area (Å²) >= 11 is 6.13. The summed E-state index contributed by atoms with van der Waals surface area (Å²) in [7, 11) is 0. The van der Waals surface area contributed by atoms with Crippen LogP contribution in [0.15, 0.2) is 35.3 Å². The smallest absolute Gasteiger partial charge is 0.279 e. The van der Waals surface area contributed by atoms with E-state index in [1.807, 2.05) is 11.5 Å². The standard InChI is InChI=1S/C18H18ClN5O2/c1-2-23-15-7-8-20-9-11(15)18(26)24-17(23)12(10-21-24)16(25)22-14-6-4-3-5-13(14)19/h3-6,10,20H,2,7-9H2,1H3,(H,22,25). The highest BCUT2D eigenvalue weighted by Gasteiger charge is 2.24. The number of para-hydroxylation sites is 1. The quantitative estimate of drug-likeness (QED) is 0.738. The number of carbonyl (C=O) groups is 1. The van der Waals surface area contributed by atoms with Crippen molar-refractivity contribution in [1.29, 1.82) is 0 Å². The number of amides is 1. The van der Waals surface area contributed by atoms with E-state index in [-0.39, 0.29) is 11.5 Å². The number of aryl methyl sites for hydroxylation is 1. The van der Waals surface area contributed by atoms with Crippen LogP contribution in [-0.4, -0.2) is 26.6 Å². The van der Waals surface area contributed by atoms with E-state index in [4.69, 9.17) is 11.6 Å². The van der Waals surface area contributed by atoms with Crippen molar-refractivity contribution < 1.29 is 4.79 Å². The number of carbonyl (C=O) groups excluding carboxylic acids is 1. The van der Waals surface area contributed by atoms with Crippen LogP contribution in [0.3, 0.4) is 0 Å². The Bertz CT molecular complexity index is 1070. The first-order chi connectivity index (χ1) is 12.6. The molecule has 3 heterocycles. The van der Waals surface area contributed by atoms with Gasteiger partial charge in [0.15, 0.2) is 5.65 Å². The van der Waals surface area contributed by atoms with Gasteiger partial charge in [-0.1, -0.05) is 23.7 Å². The van der Waals surface area contributed by atoms with Gasteiger partial charge >= 0.3 is 0 Å². The first-order valence-electron chi connectivity index (χ1n) is 8.50. The first kappa shape index (κ1) is 16.8. The zero-order valence-electron chi connectivity index (χ0n) is 14.3. The molecule has 0 saturated carbocycles.